The lowest BCUT2D eigenvalue weighted by Crippen LogP contribution is -2.16. The number of aliphatic carboxylic acids is 1. The number of carbonyl (C=O) groups is 1. The van der Waals surface area contributed by atoms with E-state index >= 15 is 0 Å². The van der Waals surface area contributed by atoms with Crippen LogP contribution in [0.25, 0.3) is 0 Å². The molecule has 0 radical (unpaired) electrons. The molecule has 0 fully saturated rings. The van der Waals surface area contributed by atoms with Crippen LogP contribution in [-0.2, 0) is 4.79 Å². The molecule has 0 unspecified atom stereocenters. The van der Waals surface area contributed by atoms with Gasteiger partial charge in [-0.3, -0.25) is 4.79 Å². The Hall–Kier alpha value is -0.530. The average Bonchev–Trinajstić information content (AvgIpc) is 2.29. The van der Waals surface area contributed by atoms with E-state index in [1.54, 1.807) is 0 Å². The third-order valence-corrected chi connectivity index (χ3v) is 4.05. The summed E-state index contributed by atoms with van der Waals surface area (Å²) in [5.41, 5.74) is 0.915. The van der Waals surface area contributed by atoms with Gasteiger partial charge in [0.2, 0.25) is 0 Å². The van der Waals surface area contributed by atoms with Crippen LogP contribution in [0.2, 0.25) is 0 Å². The maximum Gasteiger partial charge on any atom is 0.303 e. The molecule has 0 saturated carbocycles. The number of carboxylic acids is 1. The van der Waals surface area contributed by atoms with Crippen molar-refractivity contribution in [3.05, 3.63) is 0 Å². The smallest absolute Gasteiger partial charge is 0.303 e. The van der Waals surface area contributed by atoms with E-state index in [1.165, 1.54) is 44.9 Å². The topological polar surface area (TPSA) is 37.3 Å². The van der Waals surface area contributed by atoms with E-state index < -0.39 is 5.97 Å². The van der Waals surface area contributed by atoms with Gasteiger partial charge in [0.25, 0.3) is 0 Å². The molecule has 0 aliphatic rings. The molecule has 0 heterocycles. The predicted octanol–water partition coefficient (Wildman–Crippen LogP) is 6.04. The number of hydrogen-bond acceptors (Lipinski definition) is 1. The Labute approximate surface area is 126 Å². The molecule has 0 aromatic heterocycles. The zero-order valence-corrected chi connectivity index (χ0v) is 14.4. The van der Waals surface area contributed by atoms with Gasteiger partial charge in [0.15, 0.2) is 0 Å². The third-order valence-electron chi connectivity index (χ3n) is 4.05. The molecule has 120 valence electrons. The first-order valence-electron chi connectivity index (χ1n) is 8.34. The number of rotatable bonds is 11. The van der Waals surface area contributed by atoms with Gasteiger partial charge in [-0.15, -0.1) is 0 Å². The second-order valence-electron chi connectivity index (χ2n) is 8.24. The van der Waals surface area contributed by atoms with Crippen LogP contribution in [0.5, 0.6) is 0 Å². The quantitative estimate of drug-likeness (QED) is 0.469. The number of hydrogen-bond donors (Lipinski definition) is 1. The Balaban J connectivity index is 3.51. The van der Waals surface area contributed by atoms with E-state index in [2.05, 4.69) is 34.6 Å². The molecule has 0 amide bonds. The Morgan fingerprint density at radius 1 is 0.750 bits per heavy atom. The van der Waals surface area contributed by atoms with Crippen LogP contribution in [0.4, 0.5) is 0 Å². The molecule has 1 N–H and O–H groups in total. The summed E-state index contributed by atoms with van der Waals surface area (Å²) < 4.78 is 0. The van der Waals surface area contributed by atoms with Gasteiger partial charge in [-0.1, -0.05) is 66.7 Å². The number of carboxylic acid groups (broad SMARTS) is 1. The largest absolute Gasteiger partial charge is 0.481 e. The maximum atomic E-state index is 10.4. The average molecular weight is 284 g/mol. The van der Waals surface area contributed by atoms with Crippen molar-refractivity contribution in [3.8, 4) is 0 Å². The molecule has 0 aromatic rings. The minimum Gasteiger partial charge on any atom is -0.481 e. The van der Waals surface area contributed by atoms with Gasteiger partial charge in [0.1, 0.15) is 0 Å². The highest BCUT2D eigenvalue weighted by Crippen LogP contribution is 2.34. The fourth-order valence-corrected chi connectivity index (χ4v) is 2.43. The predicted molar refractivity (Wildman–Crippen MR) is 87.0 cm³/mol. The highest BCUT2D eigenvalue weighted by molar-refractivity contribution is 5.66. The van der Waals surface area contributed by atoms with Crippen molar-refractivity contribution in [2.24, 2.45) is 10.8 Å². The monoisotopic (exact) mass is 284 g/mol. The van der Waals surface area contributed by atoms with Gasteiger partial charge in [-0.05, 0) is 36.5 Å². The van der Waals surface area contributed by atoms with Gasteiger partial charge >= 0.3 is 5.97 Å². The van der Waals surface area contributed by atoms with Gasteiger partial charge in [0, 0.05) is 6.42 Å². The van der Waals surface area contributed by atoms with Crippen molar-refractivity contribution in [1.29, 1.82) is 0 Å². The molecule has 0 saturated heterocycles. The Bertz CT molecular complexity index is 261. The summed E-state index contributed by atoms with van der Waals surface area (Å²) in [7, 11) is 0. The molecule has 0 aliphatic carbocycles. The van der Waals surface area contributed by atoms with Crippen molar-refractivity contribution in [1.82, 2.24) is 0 Å². The van der Waals surface area contributed by atoms with Crippen LogP contribution < -0.4 is 0 Å². The summed E-state index contributed by atoms with van der Waals surface area (Å²) in [4.78, 5) is 10.4. The Morgan fingerprint density at radius 2 is 1.25 bits per heavy atom. The molecule has 0 rings (SSSR count). The summed E-state index contributed by atoms with van der Waals surface area (Å²) in [6.45, 7) is 11.7. The van der Waals surface area contributed by atoms with E-state index in [-0.39, 0.29) is 0 Å². The fraction of sp³-hybridized carbons (Fsp3) is 0.944. The summed E-state index contributed by atoms with van der Waals surface area (Å²) in [5, 5.41) is 8.55. The van der Waals surface area contributed by atoms with Crippen molar-refractivity contribution < 1.29 is 9.90 Å². The van der Waals surface area contributed by atoms with E-state index in [9.17, 15) is 4.79 Å². The molecule has 0 aliphatic heterocycles. The van der Waals surface area contributed by atoms with E-state index in [1.807, 2.05) is 0 Å². The molecule has 0 atom stereocenters. The highest BCUT2D eigenvalue weighted by atomic mass is 16.4. The molecule has 0 aromatic carbocycles. The van der Waals surface area contributed by atoms with Gasteiger partial charge in [-0.2, -0.15) is 0 Å². The van der Waals surface area contributed by atoms with Crippen molar-refractivity contribution in [3.63, 3.8) is 0 Å². The summed E-state index contributed by atoms with van der Waals surface area (Å²) >= 11 is 0. The van der Waals surface area contributed by atoms with Crippen molar-refractivity contribution in [2.75, 3.05) is 0 Å². The lowest BCUT2D eigenvalue weighted by atomic mass is 9.77. The summed E-state index contributed by atoms with van der Waals surface area (Å²) in [6, 6.07) is 0. The molecule has 2 heteroatoms. The first-order valence-corrected chi connectivity index (χ1v) is 8.34. The summed E-state index contributed by atoms with van der Waals surface area (Å²) in [6.07, 6.45) is 11.2. The summed E-state index contributed by atoms with van der Waals surface area (Å²) in [5.74, 6) is -0.661. The second kappa shape index (κ2) is 9.41. The van der Waals surface area contributed by atoms with Crippen LogP contribution in [0.15, 0.2) is 0 Å². The molecule has 0 bridgehead atoms. The van der Waals surface area contributed by atoms with E-state index in [4.69, 9.17) is 5.11 Å². The standard InChI is InChI=1S/C18H36O2/c1-17(2,3)14-15-18(4,5)13-11-9-7-6-8-10-12-16(19)20/h6-15H2,1-5H3,(H,19,20). The van der Waals surface area contributed by atoms with Crippen LogP contribution >= 0.6 is 0 Å². The van der Waals surface area contributed by atoms with E-state index in [0.29, 0.717) is 17.3 Å². The first-order chi connectivity index (χ1) is 9.12. The minimum atomic E-state index is -0.661. The first kappa shape index (κ1) is 19.5. The molecule has 2 nitrogen and oxygen atoms in total. The van der Waals surface area contributed by atoms with Crippen LogP contribution in [0, 0.1) is 10.8 Å². The lowest BCUT2D eigenvalue weighted by molar-refractivity contribution is -0.137. The lowest BCUT2D eigenvalue weighted by Gasteiger charge is -2.29. The zero-order chi connectivity index (χ0) is 15.6. The van der Waals surface area contributed by atoms with Crippen molar-refractivity contribution in [2.45, 2.75) is 98.8 Å². The van der Waals surface area contributed by atoms with Gasteiger partial charge in [-0.25, -0.2) is 0 Å². The number of unbranched alkanes of at least 4 members (excludes halogenated alkanes) is 5. The van der Waals surface area contributed by atoms with Gasteiger partial charge in [0.05, 0.1) is 0 Å². The van der Waals surface area contributed by atoms with Crippen LogP contribution in [0.3, 0.4) is 0 Å². The fourth-order valence-electron chi connectivity index (χ4n) is 2.43. The highest BCUT2D eigenvalue weighted by Gasteiger charge is 2.20. The zero-order valence-electron chi connectivity index (χ0n) is 14.4. The molecular formula is C18H36O2. The SMILES string of the molecule is CC(C)(C)CCC(C)(C)CCCCCCCCC(=O)O. The maximum absolute atomic E-state index is 10.4. The Morgan fingerprint density at radius 3 is 1.75 bits per heavy atom. The van der Waals surface area contributed by atoms with Crippen LogP contribution in [-0.4, -0.2) is 11.1 Å². The second-order valence-corrected chi connectivity index (χ2v) is 8.24. The van der Waals surface area contributed by atoms with Crippen LogP contribution in [0.1, 0.15) is 98.8 Å². The van der Waals surface area contributed by atoms with Gasteiger partial charge < -0.3 is 5.11 Å². The van der Waals surface area contributed by atoms with E-state index in [0.717, 1.165) is 12.8 Å². The minimum absolute atomic E-state index is 0.333. The molecular weight excluding hydrogens is 248 g/mol. The third kappa shape index (κ3) is 13.9. The van der Waals surface area contributed by atoms with Crippen molar-refractivity contribution >= 4 is 5.97 Å². The Kier molecular flexibility index (Phi) is 9.16. The molecule has 20 heavy (non-hydrogen) atoms. The normalized spacial score (nSPS) is 12.7. The molecule has 0 spiro atoms.